The van der Waals surface area contributed by atoms with Gasteiger partial charge in [0.2, 0.25) is 12.5 Å². The predicted molar refractivity (Wildman–Crippen MR) is 179 cm³/mol. The Kier molecular flexibility index (Phi) is 12.9. The first-order valence-electron chi connectivity index (χ1n) is 16.7. The Morgan fingerprint density at radius 1 is 0.827 bits per heavy atom. The number of alkyl halides is 4. The largest absolute Gasteiger partial charge is 0.449 e. The molecule has 3 aliphatic heterocycles. The molecule has 3 fully saturated rings. The van der Waals surface area contributed by atoms with Gasteiger partial charge in [0.15, 0.2) is 12.2 Å². The maximum atomic E-state index is 15.3. The summed E-state index contributed by atoms with van der Waals surface area (Å²) in [5.74, 6) is -8.77. The molecule has 6 atom stereocenters. The maximum absolute atomic E-state index is 15.3. The van der Waals surface area contributed by atoms with E-state index in [9.17, 15) is 18.4 Å². The molecule has 3 saturated heterocycles. The molecule has 16 heteroatoms. The number of carbonyl (C=O) groups excluding carboxylic acids is 2. The van der Waals surface area contributed by atoms with E-state index >= 15 is 8.78 Å². The van der Waals surface area contributed by atoms with Crippen molar-refractivity contribution in [1.82, 2.24) is 14.5 Å². The van der Waals surface area contributed by atoms with E-state index < -0.39 is 60.7 Å². The Hall–Kier alpha value is -4.15. The Balaban J connectivity index is 0.000000187. The van der Waals surface area contributed by atoms with Crippen LogP contribution in [0.25, 0.3) is 11.0 Å². The first kappa shape index (κ1) is 39.1. The van der Waals surface area contributed by atoms with Gasteiger partial charge >= 0.3 is 23.8 Å². The number of aliphatic hydroxyl groups excluding tert-OH is 1. The van der Waals surface area contributed by atoms with Crippen LogP contribution in [0.2, 0.25) is 5.15 Å². The molecule has 2 aromatic carbocycles. The first-order valence-corrected chi connectivity index (χ1v) is 17.1. The van der Waals surface area contributed by atoms with Crippen molar-refractivity contribution in [1.29, 1.82) is 0 Å². The van der Waals surface area contributed by atoms with E-state index in [4.69, 9.17) is 40.4 Å². The van der Waals surface area contributed by atoms with Crippen molar-refractivity contribution in [3.8, 4) is 0 Å². The van der Waals surface area contributed by atoms with E-state index in [1.54, 1.807) is 56.3 Å². The number of esters is 2. The number of aliphatic hydroxyl groups is 1. The molecule has 4 aromatic rings. The summed E-state index contributed by atoms with van der Waals surface area (Å²) in [6.45, 7) is 5.31. The molecule has 1 unspecified atom stereocenters. The lowest BCUT2D eigenvalue weighted by Crippen LogP contribution is -2.43. The highest BCUT2D eigenvalue weighted by Gasteiger charge is 2.62. The molecule has 5 heterocycles. The molecule has 0 spiro atoms. The molecule has 0 aliphatic carbocycles. The van der Waals surface area contributed by atoms with E-state index in [1.807, 2.05) is 0 Å². The average molecular weight is 752 g/mol. The van der Waals surface area contributed by atoms with Gasteiger partial charge < -0.3 is 33.4 Å². The maximum Gasteiger partial charge on any atom is 0.338 e. The van der Waals surface area contributed by atoms with Crippen LogP contribution < -0.4 is 0 Å². The molecule has 52 heavy (non-hydrogen) atoms. The number of rotatable bonds is 7. The highest BCUT2D eigenvalue weighted by molar-refractivity contribution is 6.33. The van der Waals surface area contributed by atoms with Crippen molar-refractivity contribution in [3.63, 3.8) is 0 Å². The fourth-order valence-corrected chi connectivity index (χ4v) is 5.96. The lowest BCUT2D eigenvalue weighted by molar-refractivity contribution is -0.198. The lowest BCUT2D eigenvalue weighted by Gasteiger charge is -2.24. The summed E-state index contributed by atoms with van der Waals surface area (Å²) in [6, 6.07) is 17.4. The number of nitrogens with zero attached hydrogens (tertiary/aromatic N) is 3. The van der Waals surface area contributed by atoms with Crippen molar-refractivity contribution in [2.75, 3.05) is 13.2 Å². The van der Waals surface area contributed by atoms with Gasteiger partial charge in [-0.25, -0.2) is 19.6 Å². The van der Waals surface area contributed by atoms with Crippen LogP contribution in [0.4, 0.5) is 17.6 Å². The molecular weight excluding hydrogens is 714 g/mol. The summed E-state index contributed by atoms with van der Waals surface area (Å²) in [5.41, 5.74) is 0.589. The molecule has 0 saturated carbocycles. The number of hydrogen-bond acceptors (Lipinski definition) is 10. The second kappa shape index (κ2) is 17.1. The van der Waals surface area contributed by atoms with Crippen LogP contribution in [-0.2, 0) is 23.7 Å². The number of benzene rings is 2. The summed E-state index contributed by atoms with van der Waals surface area (Å²) < 4.78 is 84.3. The van der Waals surface area contributed by atoms with E-state index in [2.05, 4.69) is 9.97 Å². The zero-order valence-corrected chi connectivity index (χ0v) is 29.0. The van der Waals surface area contributed by atoms with E-state index in [0.29, 0.717) is 5.39 Å². The zero-order valence-electron chi connectivity index (χ0n) is 28.2. The molecule has 0 radical (unpaired) electrons. The summed E-state index contributed by atoms with van der Waals surface area (Å²) >= 11 is 6.01. The van der Waals surface area contributed by atoms with E-state index in [0.717, 1.165) is 13.2 Å². The van der Waals surface area contributed by atoms with Crippen LogP contribution in [0.3, 0.4) is 0 Å². The van der Waals surface area contributed by atoms with Crippen molar-refractivity contribution in [3.05, 3.63) is 95.5 Å². The third-order valence-corrected chi connectivity index (χ3v) is 8.83. The molecular formula is C36H38ClF4N3O8. The van der Waals surface area contributed by atoms with E-state index in [1.165, 1.54) is 54.2 Å². The number of aromatic nitrogens is 3. The van der Waals surface area contributed by atoms with Gasteiger partial charge in [-0.1, -0.05) is 61.8 Å². The normalized spacial score (nSPS) is 25.8. The predicted octanol–water partition coefficient (Wildman–Crippen LogP) is 7.02. The van der Waals surface area contributed by atoms with Gasteiger partial charge in [0.05, 0.1) is 16.5 Å². The van der Waals surface area contributed by atoms with Crippen LogP contribution >= 0.6 is 11.6 Å². The molecule has 280 valence electrons. The highest BCUT2D eigenvalue weighted by atomic mass is 35.5. The smallest absolute Gasteiger partial charge is 0.338 e. The quantitative estimate of drug-likeness (QED) is 0.119. The Labute approximate surface area is 301 Å². The Morgan fingerprint density at radius 3 is 1.85 bits per heavy atom. The molecule has 0 bridgehead atoms. The monoisotopic (exact) mass is 751 g/mol. The van der Waals surface area contributed by atoms with Crippen LogP contribution in [-0.4, -0.2) is 87.3 Å². The molecule has 2 aromatic heterocycles. The summed E-state index contributed by atoms with van der Waals surface area (Å²) in [4.78, 5) is 32.0. The summed E-state index contributed by atoms with van der Waals surface area (Å²) in [6.07, 6.45) is -3.81. The Bertz CT molecular complexity index is 1770. The minimum absolute atomic E-state index is 0.157. The summed E-state index contributed by atoms with van der Waals surface area (Å²) in [5, 5.41) is 9.74. The minimum atomic E-state index is -3.61. The molecule has 0 amide bonds. The number of carbonyl (C=O) groups is 2. The topological polar surface area (TPSA) is 131 Å². The fourth-order valence-electron chi connectivity index (χ4n) is 5.77. The van der Waals surface area contributed by atoms with Gasteiger partial charge in [-0.15, -0.1) is 0 Å². The molecule has 11 nitrogen and oxygen atoms in total. The van der Waals surface area contributed by atoms with Crippen LogP contribution in [0.5, 0.6) is 0 Å². The zero-order chi connectivity index (χ0) is 37.5. The van der Waals surface area contributed by atoms with Crippen molar-refractivity contribution >= 4 is 34.6 Å². The van der Waals surface area contributed by atoms with Crippen LogP contribution in [0, 0.1) is 0 Å². The van der Waals surface area contributed by atoms with Crippen molar-refractivity contribution in [2.45, 2.75) is 88.3 Å². The van der Waals surface area contributed by atoms with Gasteiger partial charge in [0.1, 0.15) is 29.3 Å². The van der Waals surface area contributed by atoms with Gasteiger partial charge in [-0.05, 0) is 56.0 Å². The van der Waals surface area contributed by atoms with Crippen LogP contribution in [0.15, 0.2) is 79.3 Å². The number of halogens is 5. The minimum Gasteiger partial charge on any atom is -0.449 e. The fraction of sp³-hybridized carbons (Fsp3) is 0.444. The lowest BCUT2D eigenvalue weighted by atomic mass is 10.1. The number of fused-ring (bicyclic) bond motifs is 1. The molecule has 1 N–H and O–H groups in total. The van der Waals surface area contributed by atoms with Crippen molar-refractivity contribution < 1.29 is 55.9 Å². The van der Waals surface area contributed by atoms with Crippen LogP contribution in [0.1, 0.15) is 66.5 Å². The van der Waals surface area contributed by atoms with Crippen molar-refractivity contribution in [2.24, 2.45) is 0 Å². The highest BCUT2D eigenvalue weighted by Crippen LogP contribution is 2.47. The number of ether oxygens (including phenoxy) is 5. The van der Waals surface area contributed by atoms with Gasteiger partial charge in [0, 0.05) is 19.4 Å². The molecule has 7 rings (SSSR count). The summed E-state index contributed by atoms with van der Waals surface area (Å²) in [7, 11) is 0. The second-order valence-corrected chi connectivity index (χ2v) is 12.4. The van der Waals surface area contributed by atoms with Gasteiger partial charge in [-0.3, -0.25) is 0 Å². The standard InChI is InChI=1S/C19H16ClF2N3O3.C13H14F2O4.C4H8O/c1-2-13-14(28-17(26)11-6-4-3-5-7-11)19(21,22)18(27-13)25-9-8-12-15(20)23-10-24-16(12)25;1-2-9-10(13(14,15)12(17)18-9)19-11(16)8-6-4-3-5-7-8;1-2-4-5-3-1/h3-10,13-14,18H,2H2,1H3;3-7,9-10,12,17H,2H2,1H3;1-4H2/t13-,14-,18-;9-,10-,12?;/m11./s1. The third-order valence-electron chi connectivity index (χ3n) is 8.53. The van der Waals surface area contributed by atoms with E-state index in [-0.39, 0.29) is 34.8 Å². The third kappa shape index (κ3) is 8.55. The molecule has 3 aliphatic rings. The first-order chi connectivity index (χ1) is 24.9. The van der Waals surface area contributed by atoms with Gasteiger partial charge in [0.25, 0.3) is 0 Å². The Morgan fingerprint density at radius 2 is 1.35 bits per heavy atom. The number of hydrogen-bond donors (Lipinski definition) is 1. The second-order valence-electron chi connectivity index (χ2n) is 12.0. The average Bonchev–Trinajstić information content (AvgIpc) is 3.95. The SMILES string of the molecule is C1CCOC1.CC[C@H]1OC(O)C(F)(F)[C@@H]1OC(=O)c1ccccc1.CC[C@H]1O[C@@H](n2ccc3c(Cl)ncnc32)C(F)(F)[C@@H]1OC(=O)c1ccccc1. The van der Waals surface area contributed by atoms with Gasteiger partial charge in [-0.2, -0.15) is 17.6 Å².